The van der Waals surface area contributed by atoms with Gasteiger partial charge in [-0.2, -0.15) is 0 Å². The number of likely N-dealkylation sites (tertiary alicyclic amines) is 1. The van der Waals surface area contributed by atoms with Crippen molar-refractivity contribution in [3.05, 3.63) is 78.8 Å². The second kappa shape index (κ2) is 8.20. The number of para-hydroxylation sites is 2. The topological polar surface area (TPSA) is 93.4 Å². The van der Waals surface area contributed by atoms with Gasteiger partial charge in [0.05, 0.1) is 33.6 Å². The van der Waals surface area contributed by atoms with Gasteiger partial charge in [-0.3, -0.25) is 9.78 Å². The number of hydrogen-bond donors (Lipinski definition) is 0. The van der Waals surface area contributed by atoms with E-state index in [1.807, 2.05) is 30.3 Å². The highest BCUT2D eigenvalue weighted by Gasteiger charge is 2.33. The van der Waals surface area contributed by atoms with Crippen LogP contribution in [-0.2, 0) is 9.84 Å². The minimum absolute atomic E-state index is 0.220. The molecule has 4 aromatic rings. The highest BCUT2D eigenvalue weighted by molar-refractivity contribution is 7.92. The Bertz CT molecular complexity index is 1360. The number of amides is 1. The number of fused-ring (bicyclic) bond motifs is 1. The van der Waals surface area contributed by atoms with Crippen LogP contribution in [-0.4, -0.2) is 47.5 Å². The van der Waals surface area contributed by atoms with E-state index in [9.17, 15) is 13.2 Å². The van der Waals surface area contributed by atoms with Gasteiger partial charge in [-0.15, -0.1) is 0 Å². The minimum Gasteiger partial charge on any atom is -0.464 e. The summed E-state index contributed by atoms with van der Waals surface area (Å²) in [7, 11) is -3.49. The predicted molar refractivity (Wildman–Crippen MR) is 120 cm³/mol. The fourth-order valence-corrected chi connectivity index (χ4v) is 5.77. The average molecular weight is 448 g/mol. The summed E-state index contributed by atoms with van der Waals surface area (Å²) in [4.78, 5) is 23.6. The Labute approximate surface area is 185 Å². The lowest BCUT2D eigenvalue weighted by molar-refractivity contribution is 0.0719. The number of hydrogen-bond acceptors (Lipinski definition) is 6. The van der Waals surface area contributed by atoms with Gasteiger partial charge < -0.3 is 9.32 Å². The van der Waals surface area contributed by atoms with Crippen molar-refractivity contribution in [3.8, 4) is 11.3 Å². The van der Waals surface area contributed by atoms with Crippen LogP contribution >= 0.6 is 0 Å². The lowest BCUT2D eigenvalue weighted by atomic mass is 10.1. The van der Waals surface area contributed by atoms with Gasteiger partial charge in [0.2, 0.25) is 0 Å². The van der Waals surface area contributed by atoms with Crippen molar-refractivity contribution >= 4 is 26.8 Å². The summed E-state index contributed by atoms with van der Waals surface area (Å²) in [5.41, 5.74) is 2.49. The molecular weight excluding hydrogens is 426 g/mol. The molecule has 3 heterocycles. The zero-order chi connectivity index (χ0) is 22.1. The predicted octanol–water partition coefficient (Wildman–Crippen LogP) is 3.97. The van der Waals surface area contributed by atoms with E-state index in [2.05, 4.69) is 9.97 Å². The molecular formula is C24H21N3O4S. The normalized spacial score (nSPS) is 15.2. The fourth-order valence-electron chi connectivity index (χ4n) is 4.04. The molecule has 0 radical (unpaired) electrons. The minimum atomic E-state index is -3.49. The Balaban J connectivity index is 1.27. The van der Waals surface area contributed by atoms with Gasteiger partial charge in [0.25, 0.3) is 5.91 Å². The third kappa shape index (κ3) is 3.78. The highest BCUT2D eigenvalue weighted by Crippen LogP contribution is 2.28. The van der Waals surface area contributed by atoms with Crippen LogP contribution in [0.4, 0.5) is 0 Å². The molecule has 1 saturated heterocycles. The standard InChI is InChI=1S/C24H21N3O4S/c28-24(22-16-25-20-4-1-2-5-21(20)26-22)27-13-11-19(12-14-27)32(29,30)18-9-7-17(8-10-18)23-6-3-15-31-23/h1-10,15-16,19H,11-14H2. The van der Waals surface area contributed by atoms with Gasteiger partial charge in [0.15, 0.2) is 9.84 Å². The van der Waals surface area contributed by atoms with Crippen LogP contribution in [0.2, 0.25) is 0 Å². The van der Waals surface area contributed by atoms with Crippen molar-refractivity contribution in [2.75, 3.05) is 13.1 Å². The molecule has 1 amide bonds. The largest absolute Gasteiger partial charge is 0.464 e. The summed E-state index contributed by atoms with van der Waals surface area (Å²) in [5.74, 6) is 0.472. The quantitative estimate of drug-likeness (QED) is 0.470. The fraction of sp³-hybridized carbons (Fsp3) is 0.208. The maximum Gasteiger partial charge on any atom is 0.274 e. The first-order valence-corrected chi connectivity index (χ1v) is 12.0. The molecule has 8 heteroatoms. The van der Waals surface area contributed by atoms with Gasteiger partial charge in [-0.1, -0.05) is 12.1 Å². The number of benzene rings is 2. The van der Waals surface area contributed by atoms with Gasteiger partial charge in [0, 0.05) is 18.7 Å². The summed E-state index contributed by atoms with van der Waals surface area (Å²) >= 11 is 0. The van der Waals surface area contributed by atoms with Crippen LogP contribution in [0.3, 0.4) is 0 Å². The van der Waals surface area contributed by atoms with Crippen LogP contribution < -0.4 is 0 Å². The van der Waals surface area contributed by atoms with Crippen LogP contribution in [0, 0.1) is 0 Å². The van der Waals surface area contributed by atoms with Gasteiger partial charge >= 0.3 is 0 Å². The molecule has 1 aliphatic heterocycles. The van der Waals surface area contributed by atoms with E-state index in [-0.39, 0.29) is 16.5 Å². The van der Waals surface area contributed by atoms with E-state index in [1.165, 1.54) is 6.20 Å². The summed E-state index contributed by atoms with van der Waals surface area (Å²) in [6.45, 7) is 0.726. The number of nitrogens with zero attached hydrogens (tertiary/aromatic N) is 3. The second-order valence-electron chi connectivity index (χ2n) is 7.78. The number of carbonyl (C=O) groups excluding carboxylic acids is 1. The third-order valence-corrected chi connectivity index (χ3v) is 8.10. The zero-order valence-electron chi connectivity index (χ0n) is 17.2. The SMILES string of the molecule is O=C(c1cnc2ccccc2n1)N1CCC(S(=O)(=O)c2ccc(-c3ccco3)cc2)CC1. The van der Waals surface area contributed by atoms with Crippen molar-refractivity contribution in [2.45, 2.75) is 23.0 Å². The first kappa shape index (κ1) is 20.4. The average Bonchev–Trinajstić information content (AvgIpc) is 3.38. The van der Waals surface area contributed by atoms with Gasteiger partial charge in [0.1, 0.15) is 11.5 Å². The molecule has 1 aliphatic rings. The van der Waals surface area contributed by atoms with Crippen LogP contribution in [0.1, 0.15) is 23.3 Å². The summed E-state index contributed by atoms with van der Waals surface area (Å²) < 4.78 is 31.6. The molecule has 5 rings (SSSR count). The van der Waals surface area contributed by atoms with E-state index in [4.69, 9.17) is 4.42 Å². The molecule has 0 aliphatic carbocycles. The van der Waals surface area contributed by atoms with E-state index >= 15 is 0 Å². The first-order valence-electron chi connectivity index (χ1n) is 10.4. The number of sulfone groups is 1. The van der Waals surface area contributed by atoms with Crippen molar-refractivity contribution in [1.29, 1.82) is 0 Å². The van der Waals surface area contributed by atoms with Crippen LogP contribution in [0.15, 0.2) is 82.4 Å². The Morgan fingerprint density at radius 1 is 0.938 bits per heavy atom. The van der Waals surface area contributed by atoms with Crippen LogP contribution in [0.25, 0.3) is 22.4 Å². The molecule has 2 aromatic carbocycles. The maximum absolute atomic E-state index is 13.1. The van der Waals surface area contributed by atoms with Crippen molar-refractivity contribution in [1.82, 2.24) is 14.9 Å². The smallest absolute Gasteiger partial charge is 0.274 e. The molecule has 0 unspecified atom stereocenters. The highest BCUT2D eigenvalue weighted by atomic mass is 32.2. The summed E-state index contributed by atoms with van der Waals surface area (Å²) in [5, 5.41) is -0.524. The van der Waals surface area contributed by atoms with Crippen molar-refractivity contribution in [3.63, 3.8) is 0 Å². The zero-order valence-corrected chi connectivity index (χ0v) is 18.0. The monoisotopic (exact) mass is 447 g/mol. The summed E-state index contributed by atoms with van der Waals surface area (Å²) in [6, 6.07) is 17.7. The molecule has 162 valence electrons. The molecule has 7 nitrogen and oxygen atoms in total. The van der Waals surface area contributed by atoms with Crippen LogP contribution in [0.5, 0.6) is 0 Å². The van der Waals surface area contributed by atoms with E-state index in [1.54, 1.807) is 41.5 Å². The van der Waals surface area contributed by atoms with Gasteiger partial charge in [-0.25, -0.2) is 13.4 Å². The van der Waals surface area contributed by atoms with E-state index in [0.717, 1.165) is 11.1 Å². The van der Waals surface area contributed by atoms with Crippen molar-refractivity contribution in [2.24, 2.45) is 0 Å². The Morgan fingerprint density at radius 3 is 2.34 bits per heavy atom. The lowest BCUT2D eigenvalue weighted by Crippen LogP contribution is -2.42. The number of piperidine rings is 1. The second-order valence-corrected chi connectivity index (χ2v) is 10.0. The number of carbonyl (C=O) groups is 1. The Kier molecular flexibility index (Phi) is 5.22. The molecule has 0 spiro atoms. The van der Waals surface area contributed by atoms with Crippen molar-refractivity contribution < 1.29 is 17.6 Å². The molecule has 0 saturated carbocycles. The molecule has 0 atom stereocenters. The van der Waals surface area contributed by atoms with E-state index in [0.29, 0.717) is 37.2 Å². The van der Waals surface area contributed by atoms with Gasteiger partial charge in [-0.05, 0) is 61.4 Å². The summed E-state index contributed by atoms with van der Waals surface area (Å²) in [6.07, 6.45) is 3.83. The molecule has 32 heavy (non-hydrogen) atoms. The first-order chi connectivity index (χ1) is 15.5. The molecule has 0 N–H and O–H groups in total. The molecule has 1 fully saturated rings. The molecule has 2 aromatic heterocycles. The third-order valence-electron chi connectivity index (χ3n) is 5.82. The maximum atomic E-state index is 13.1. The Hall–Kier alpha value is -3.52. The Morgan fingerprint density at radius 2 is 1.66 bits per heavy atom. The lowest BCUT2D eigenvalue weighted by Gasteiger charge is -2.31. The number of rotatable bonds is 4. The van der Waals surface area contributed by atoms with E-state index < -0.39 is 15.1 Å². The number of aromatic nitrogens is 2. The molecule has 0 bridgehead atoms. The number of furan rings is 1.